The molecule has 1 aromatic rings. The molecular formula is C9H18N4O4S. The molecular weight excluding hydrogens is 260 g/mol. The first-order valence-corrected chi connectivity index (χ1v) is 6.85. The zero-order valence-corrected chi connectivity index (χ0v) is 11.2. The fourth-order valence-electron chi connectivity index (χ4n) is 1.43. The van der Waals surface area contributed by atoms with Gasteiger partial charge in [-0.15, -0.1) is 0 Å². The summed E-state index contributed by atoms with van der Waals surface area (Å²) in [5, 5.41) is 12.3. The van der Waals surface area contributed by atoms with Crippen molar-refractivity contribution in [2.75, 3.05) is 32.1 Å². The predicted molar refractivity (Wildman–Crippen MR) is 65.5 cm³/mol. The summed E-state index contributed by atoms with van der Waals surface area (Å²) >= 11 is 0. The van der Waals surface area contributed by atoms with E-state index in [0.717, 1.165) is 0 Å². The van der Waals surface area contributed by atoms with Crippen molar-refractivity contribution in [3.05, 3.63) is 5.69 Å². The number of nitrogens with one attached hydrogen (secondary N) is 1. The molecule has 0 aliphatic heterocycles. The molecule has 0 spiro atoms. The lowest BCUT2D eigenvalue weighted by Gasteiger charge is -2.07. The first kappa shape index (κ1) is 14.9. The number of rotatable bonds is 7. The predicted octanol–water partition coefficient (Wildman–Crippen LogP) is -1.40. The van der Waals surface area contributed by atoms with Gasteiger partial charge in [0.1, 0.15) is 4.90 Å². The van der Waals surface area contributed by atoms with Gasteiger partial charge >= 0.3 is 0 Å². The van der Waals surface area contributed by atoms with Gasteiger partial charge in [0.15, 0.2) is 5.82 Å². The third-order valence-electron chi connectivity index (χ3n) is 2.35. The van der Waals surface area contributed by atoms with Gasteiger partial charge in [0.05, 0.1) is 25.5 Å². The summed E-state index contributed by atoms with van der Waals surface area (Å²) in [4.78, 5) is -0.00726. The highest BCUT2D eigenvalue weighted by atomic mass is 32.2. The third kappa shape index (κ3) is 3.42. The van der Waals surface area contributed by atoms with Gasteiger partial charge < -0.3 is 15.6 Å². The molecule has 104 valence electrons. The SMILES string of the molecule is Cc1c(S(=O)(=O)NCCOCCO)c(N)nn1C. The first-order chi connectivity index (χ1) is 8.40. The highest BCUT2D eigenvalue weighted by molar-refractivity contribution is 7.89. The molecule has 18 heavy (non-hydrogen) atoms. The molecule has 0 bridgehead atoms. The van der Waals surface area contributed by atoms with Gasteiger partial charge in [0.2, 0.25) is 10.0 Å². The van der Waals surface area contributed by atoms with Crippen LogP contribution < -0.4 is 10.5 Å². The van der Waals surface area contributed by atoms with E-state index < -0.39 is 10.0 Å². The summed E-state index contributed by atoms with van der Waals surface area (Å²) in [6.07, 6.45) is 0. The van der Waals surface area contributed by atoms with Crippen LogP contribution in [0.25, 0.3) is 0 Å². The molecule has 0 saturated heterocycles. The summed E-state index contributed by atoms with van der Waals surface area (Å²) in [5.74, 6) is -0.0289. The number of nitrogens with two attached hydrogens (primary N) is 1. The Morgan fingerprint density at radius 2 is 2.17 bits per heavy atom. The number of hydrogen-bond donors (Lipinski definition) is 3. The van der Waals surface area contributed by atoms with E-state index in [9.17, 15) is 8.42 Å². The van der Waals surface area contributed by atoms with Crippen molar-refractivity contribution < 1.29 is 18.3 Å². The van der Waals surface area contributed by atoms with E-state index in [2.05, 4.69) is 9.82 Å². The van der Waals surface area contributed by atoms with Crippen LogP contribution in [0.4, 0.5) is 5.82 Å². The Morgan fingerprint density at radius 1 is 1.50 bits per heavy atom. The Labute approximate surface area is 106 Å². The number of hydrogen-bond acceptors (Lipinski definition) is 6. The molecule has 1 aromatic heterocycles. The molecule has 1 heterocycles. The Kier molecular flexibility index (Phi) is 5.08. The lowest BCUT2D eigenvalue weighted by Crippen LogP contribution is -2.28. The number of aliphatic hydroxyl groups is 1. The number of sulfonamides is 1. The van der Waals surface area contributed by atoms with E-state index in [1.165, 1.54) is 4.68 Å². The molecule has 0 atom stereocenters. The monoisotopic (exact) mass is 278 g/mol. The zero-order valence-electron chi connectivity index (χ0n) is 10.4. The van der Waals surface area contributed by atoms with Gasteiger partial charge in [-0.05, 0) is 6.92 Å². The fraction of sp³-hybridized carbons (Fsp3) is 0.667. The Hall–Kier alpha value is -1.16. The van der Waals surface area contributed by atoms with Gasteiger partial charge in [0, 0.05) is 13.6 Å². The quantitative estimate of drug-likeness (QED) is 0.528. The summed E-state index contributed by atoms with van der Waals surface area (Å²) < 4.78 is 32.7. The fourth-order valence-corrected chi connectivity index (χ4v) is 2.77. The lowest BCUT2D eigenvalue weighted by molar-refractivity contribution is 0.0961. The smallest absolute Gasteiger partial charge is 0.246 e. The zero-order chi connectivity index (χ0) is 13.8. The maximum absolute atomic E-state index is 12.0. The van der Waals surface area contributed by atoms with Crippen molar-refractivity contribution in [2.45, 2.75) is 11.8 Å². The summed E-state index contributed by atoms with van der Waals surface area (Å²) in [6, 6.07) is 0. The molecule has 0 aliphatic carbocycles. The average Bonchev–Trinajstić information content (AvgIpc) is 2.53. The largest absolute Gasteiger partial charge is 0.394 e. The van der Waals surface area contributed by atoms with Crippen LogP contribution in [0.3, 0.4) is 0 Å². The van der Waals surface area contributed by atoms with Gasteiger partial charge in [-0.1, -0.05) is 0 Å². The second-order valence-electron chi connectivity index (χ2n) is 3.66. The maximum atomic E-state index is 12.0. The number of nitrogen functional groups attached to an aromatic ring is 1. The van der Waals surface area contributed by atoms with Crippen LogP contribution in [0.15, 0.2) is 4.90 Å². The Morgan fingerprint density at radius 3 is 2.67 bits per heavy atom. The molecule has 0 fully saturated rings. The Bertz CT molecular complexity index is 497. The molecule has 1 rings (SSSR count). The van der Waals surface area contributed by atoms with Crippen molar-refractivity contribution in [1.29, 1.82) is 0 Å². The standard InChI is InChI=1S/C9H18N4O4S/c1-7-8(9(10)12-13(7)2)18(15,16)11-3-5-17-6-4-14/h11,14H,3-6H2,1-2H3,(H2,10,12). The van der Waals surface area contributed by atoms with Crippen LogP contribution in [0.2, 0.25) is 0 Å². The Balaban J connectivity index is 2.69. The number of aryl methyl sites for hydroxylation is 1. The third-order valence-corrected chi connectivity index (χ3v) is 3.97. The van der Waals surface area contributed by atoms with E-state index in [4.69, 9.17) is 15.6 Å². The summed E-state index contributed by atoms with van der Waals surface area (Å²) in [5.41, 5.74) is 6.03. The van der Waals surface area contributed by atoms with Gasteiger partial charge in [-0.3, -0.25) is 4.68 Å². The van der Waals surface area contributed by atoms with Crippen molar-refractivity contribution in [1.82, 2.24) is 14.5 Å². The van der Waals surface area contributed by atoms with E-state index in [-0.39, 0.29) is 37.1 Å². The first-order valence-electron chi connectivity index (χ1n) is 5.37. The summed E-state index contributed by atoms with van der Waals surface area (Å²) in [6.45, 7) is 1.99. The highest BCUT2D eigenvalue weighted by Gasteiger charge is 2.23. The molecule has 8 nitrogen and oxygen atoms in total. The van der Waals surface area contributed by atoms with Gasteiger partial charge in [-0.25, -0.2) is 13.1 Å². The van der Waals surface area contributed by atoms with Crippen LogP contribution in [-0.4, -0.2) is 49.7 Å². The van der Waals surface area contributed by atoms with Crippen LogP contribution >= 0.6 is 0 Å². The van der Waals surface area contributed by atoms with Gasteiger partial charge in [0.25, 0.3) is 0 Å². The topological polar surface area (TPSA) is 119 Å². The number of aliphatic hydroxyl groups excluding tert-OH is 1. The maximum Gasteiger partial charge on any atom is 0.246 e. The number of aromatic nitrogens is 2. The number of ether oxygens (including phenoxy) is 1. The van der Waals surface area contributed by atoms with Crippen LogP contribution in [0, 0.1) is 6.92 Å². The van der Waals surface area contributed by atoms with Crippen LogP contribution in [0.1, 0.15) is 5.69 Å². The van der Waals surface area contributed by atoms with Crippen LogP contribution in [-0.2, 0) is 21.8 Å². The average molecular weight is 278 g/mol. The number of anilines is 1. The molecule has 0 saturated carbocycles. The minimum Gasteiger partial charge on any atom is -0.394 e. The molecule has 0 amide bonds. The normalized spacial score (nSPS) is 11.9. The minimum atomic E-state index is -3.69. The second-order valence-corrected chi connectivity index (χ2v) is 5.36. The van der Waals surface area contributed by atoms with E-state index in [1.807, 2.05) is 0 Å². The van der Waals surface area contributed by atoms with E-state index >= 15 is 0 Å². The van der Waals surface area contributed by atoms with Crippen molar-refractivity contribution in [3.8, 4) is 0 Å². The van der Waals surface area contributed by atoms with E-state index in [1.54, 1.807) is 14.0 Å². The highest BCUT2D eigenvalue weighted by Crippen LogP contribution is 2.20. The molecule has 0 unspecified atom stereocenters. The van der Waals surface area contributed by atoms with Crippen LogP contribution in [0.5, 0.6) is 0 Å². The molecule has 0 aliphatic rings. The van der Waals surface area contributed by atoms with Gasteiger partial charge in [-0.2, -0.15) is 5.10 Å². The molecule has 0 aromatic carbocycles. The minimum absolute atomic E-state index is 0.00726. The van der Waals surface area contributed by atoms with Crippen molar-refractivity contribution in [2.24, 2.45) is 7.05 Å². The summed E-state index contributed by atoms with van der Waals surface area (Å²) in [7, 11) is -2.07. The lowest BCUT2D eigenvalue weighted by atomic mass is 10.5. The number of nitrogens with zero attached hydrogens (tertiary/aromatic N) is 2. The van der Waals surface area contributed by atoms with Crippen molar-refractivity contribution in [3.63, 3.8) is 0 Å². The second kappa shape index (κ2) is 6.14. The molecule has 0 radical (unpaired) electrons. The van der Waals surface area contributed by atoms with E-state index in [0.29, 0.717) is 5.69 Å². The van der Waals surface area contributed by atoms with Crippen molar-refractivity contribution >= 4 is 15.8 Å². The molecule has 9 heteroatoms. The molecule has 4 N–H and O–H groups in total.